The van der Waals surface area contributed by atoms with Gasteiger partial charge in [0.25, 0.3) is 11.8 Å². The number of carbonyl (C=O) groups is 2. The third-order valence-electron chi connectivity index (χ3n) is 4.25. The number of hydrogen-bond acceptors (Lipinski definition) is 5. The normalized spacial score (nSPS) is 13.8. The Morgan fingerprint density at radius 1 is 1.44 bits per heavy atom. The van der Waals surface area contributed by atoms with Crippen molar-refractivity contribution in [2.45, 2.75) is 20.0 Å². The summed E-state index contributed by atoms with van der Waals surface area (Å²) in [5, 5.41) is 1.99. The SMILES string of the molecule is CCN1CCn2cc(C(=O)N(CCOC)Cc3cccs3)nc2C1=O. The number of amides is 2. The molecule has 1 aliphatic heterocycles. The van der Waals surface area contributed by atoms with E-state index in [9.17, 15) is 9.59 Å². The van der Waals surface area contributed by atoms with E-state index >= 15 is 0 Å². The fraction of sp³-hybridized carbons (Fsp3) is 0.471. The Kier molecular flexibility index (Phi) is 5.50. The van der Waals surface area contributed by atoms with Crippen LogP contribution in [-0.4, -0.2) is 64.5 Å². The van der Waals surface area contributed by atoms with E-state index < -0.39 is 0 Å². The van der Waals surface area contributed by atoms with Crippen LogP contribution in [0.5, 0.6) is 0 Å². The minimum absolute atomic E-state index is 0.116. The van der Waals surface area contributed by atoms with Gasteiger partial charge >= 0.3 is 0 Å². The van der Waals surface area contributed by atoms with Crippen molar-refractivity contribution >= 4 is 23.2 Å². The number of imidazole rings is 1. The molecule has 8 heteroatoms. The van der Waals surface area contributed by atoms with Crippen molar-refractivity contribution in [2.75, 3.05) is 33.4 Å². The largest absolute Gasteiger partial charge is 0.383 e. The van der Waals surface area contributed by atoms with E-state index in [4.69, 9.17) is 4.74 Å². The predicted octanol–water partition coefficient (Wildman–Crippen LogP) is 1.71. The predicted molar refractivity (Wildman–Crippen MR) is 94.7 cm³/mol. The molecule has 0 aromatic carbocycles. The van der Waals surface area contributed by atoms with E-state index in [1.165, 1.54) is 0 Å². The molecule has 134 valence electrons. The molecule has 3 heterocycles. The summed E-state index contributed by atoms with van der Waals surface area (Å²) >= 11 is 1.61. The molecule has 7 nitrogen and oxygen atoms in total. The molecule has 25 heavy (non-hydrogen) atoms. The molecule has 0 saturated carbocycles. The third kappa shape index (κ3) is 3.74. The standard InChI is InChI=1S/C17H22N4O3S/c1-3-19-6-7-20-12-14(18-15(20)17(19)23)16(22)21(8-9-24-2)11-13-5-4-10-25-13/h4-5,10,12H,3,6-9,11H2,1-2H3. The lowest BCUT2D eigenvalue weighted by Crippen LogP contribution is -2.40. The fourth-order valence-electron chi connectivity index (χ4n) is 2.84. The van der Waals surface area contributed by atoms with Gasteiger partial charge in [-0.2, -0.15) is 0 Å². The number of aromatic nitrogens is 2. The van der Waals surface area contributed by atoms with Gasteiger partial charge in [0.05, 0.1) is 13.2 Å². The maximum atomic E-state index is 12.9. The molecule has 2 amide bonds. The summed E-state index contributed by atoms with van der Waals surface area (Å²) < 4.78 is 6.91. The molecule has 0 unspecified atom stereocenters. The van der Waals surface area contributed by atoms with Gasteiger partial charge in [-0.1, -0.05) is 6.07 Å². The molecule has 3 rings (SSSR count). The Labute approximate surface area is 150 Å². The van der Waals surface area contributed by atoms with E-state index in [0.29, 0.717) is 50.8 Å². The van der Waals surface area contributed by atoms with Gasteiger partial charge in [0.15, 0.2) is 5.82 Å². The summed E-state index contributed by atoms with van der Waals surface area (Å²) in [6.07, 6.45) is 1.69. The second-order valence-electron chi connectivity index (χ2n) is 5.83. The first-order valence-corrected chi connectivity index (χ1v) is 9.19. The van der Waals surface area contributed by atoms with Crippen LogP contribution in [0.2, 0.25) is 0 Å². The molecule has 2 aromatic rings. The lowest BCUT2D eigenvalue weighted by atomic mass is 10.3. The summed E-state index contributed by atoms with van der Waals surface area (Å²) in [6, 6.07) is 3.96. The molecule has 2 aromatic heterocycles. The Bertz CT molecular complexity index is 741. The Morgan fingerprint density at radius 2 is 2.28 bits per heavy atom. The van der Waals surface area contributed by atoms with Crippen LogP contribution < -0.4 is 0 Å². The molecule has 0 spiro atoms. The number of fused-ring (bicyclic) bond motifs is 1. The van der Waals surface area contributed by atoms with Gasteiger partial charge in [-0.05, 0) is 18.4 Å². The number of thiophene rings is 1. The summed E-state index contributed by atoms with van der Waals surface area (Å²) in [5.41, 5.74) is 0.314. The van der Waals surface area contributed by atoms with Crippen molar-refractivity contribution in [3.63, 3.8) is 0 Å². The summed E-state index contributed by atoms with van der Waals surface area (Å²) in [7, 11) is 1.61. The summed E-state index contributed by atoms with van der Waals surface area (Å²) in [5.74, 6) is 0.0527. The van der Waals surface area contributed by atoms with Gasteiger partial charge in [0.2, 0.25) is 0 Å². The second-order valence-corrected chi connectivity index (χ2v) is 6.86. The van der Waals surface area contributed by atoms with Gasteiger partial charge in [-0.3, -0.25) is 9.59 Å². The van der Waals surface area contributed by atoms with Crippen molar-refractivity contribution < 1.29 is 14.3 Å². The summed E-state index contributed by atoms with van der Waals surface area (Å²) in [4.78, 5) is 34.2. The van der Waals surface area contributed by atoms with Crippen LogP contribution >= 0.6 is 11.3 Å². The Hall–Kier alpha value is -2.19. The van der Waals surface area contributed by atoms with Crippen molar-refractivity contribution in [2.24, 2.45) is 0 Å². The van der Waals surface area contributed by atoms with Gasteiger partial charge < -0.3 is 19.1 Å². The van der Waals surface area contributed by atoms with Crippen LogP contribution in [-0.2, 0) is 17.8 Å². The van der Waals surface area contributed by atoms with Gasteiger partial charge in [-0.25, -0.2) is 4.98 Å². The van der Waals surface area contributed by atoms with Crippen LogP contribution in [0.1, 0.15) is 32.9 Å². The molecule has 0 aliphatic carbocycles. The van der Waals surface area contributed by atoms with Crippen LogP contribution in [0.15, 0.2) is 23.7 Å². The molecule has 0 N–H and O–H groups in total. The minimum Gasteiger partial charge on any atom is -0.383 e. The molecule has 0 atom stereocenters. The number of carbonyl (C=O) groups excluding carboxylic acids is 2. The molecular formula is C17H22N4O3S. The maximum Gasteiger partial charge on any atom is 0.289 e. The topological polar surface area (TPSA) is 67.7 Å². The lowest BCUT2D eigenvalue weighted by molar-refractivity contribution is 0.0677. The average molecular weight is 362 g/mol. The van der Waals surface area contributed by atoms with E-state index in [0.717, 1.165) is 4.88 Å². The van der Waals surface area contributed by atoms with Crippen molar-refractivity contribution in [1.29, 1.82) is 0 Å². The number of nitrogens with zero attached hydrogens (tertiary/aromatic N) is 4. The Morgan fingerprint density at radius 3 is 2.96 bits per heavy atom. The molecule has 0 fully saturated rings. The first kappa shape index (κ1) is 17.6. The highest BCUT2D eigenvalue weighted by Crippen LogP contribution is 2.17. The number of hydrogen-bond donors (Lipinski definition) is 0. The Balaban J connectivity index is 1.81. The highest BCUT2D eigenvalue weighted by molar-refractivity contribution is 7.09. The lowest BCUT2D eigenvalue weighted by Gasteiger charge is -2.25. The van der Waals surface area contributed by atoms with Crippen molar-refractivity contribution in [1.82, 2.24) is 19.4 Å². The maximum absolute atomic E-state index is 12.9. The van der Waals surface area contributed by atoms with Gasteiger partial charge in [0.1, 0.15) is 5.69 Å². The van der Waals surface area contributed by atoms with Crippen molar-refractivity contribution in [3.05, 3.63) is 40.1 Å². The molecular weight excluding hydrogens is 340 g/mol. The quantitative estimate of drug-likeness (QED) is 0.752. The zero-order valence-electron chi connectivity index (χ0n) is 14.5. The minimum atomic E-state index is -0.178. The average Bonchev–Trinajstić information content (AvgIpc) is 3.28. The molecule has 0 radical (unpaired) electrons. The van der Waals surface area contributed by atoms with Crippen molar-refractivity contribution in [3.8, 4) is 0 Å². The van der Waals surface area contributed by atoms with Crippen LogP contribution in [0.4, 0.5) is 0 Å². The van der Waals surface area contributed by atoms with Gasteiger partial charge in [-0.15, -0.1) is 11.3 Å². The highest BCUT2D eigenvalue weighted by Gasteiger charge is 2.28. The zero-order valence-corrected chi connectivity index (χ0v) is 15.3. The van der Waals surface area contributed by atoms with Crippen LogP contribution in [0.3, 0.4) is 0 Å². The van der Waals surface area contributed by atoms with Crippen LogP contribution in [0.25, 0.3) is 0 Å². The summed E-state index contributed by atoms with van der Waals surface area (Å²) in [6.45, 7) is 5.34. The van der Waals surface area contributed by atoms with E-state index in [-0.39, 0.29) is 11.8 Å². The number of methoxy groups -OCH3 is 1. The van der Waals surface area contributed by atoms with Gasteiger partial charge in [0, 0.05) is 44.4 Å². The first-order valence-electron chi connectivity index (χ1n) is 8.31. The van der Waals surface area contributed by atoms with E-state index in [2.05, 4.69) is 4.98 Å². The monoisotopic (exact) mass is 362 g/mol. The third-order valence-corrected chi connectivity index (χ3v) is 5.11. The highest BCUT2D eigenvalue weighted by atomic mass is 32.1. The zero-order chi connectivity index (χ0) is 17.8. The first-order chi connectivity index (χ1) is 12.1. The van der Waals surface area contributed by atoms with E-state index in [1.807, 2.05) is 24.4 Å². The fourth-order valence-corrected chi connectivity index (χ4v) is 3.56. The van der Waals surface area contributed by atoms with Crippen LogP contribution in [0, 0.1) is 0 Å². The number of likely N-dealkylation sites (N-methyl/N-ethyl adjacent to an activating group) is 1. The smallest absolute Gasteiger partial charge is 0.289 e. The van der Waals surface area contributed by atoms with E-state index in [1.54, 1.807) is 39.0 Å². The number of rotatable bonds is 7. The number of ether oxygens (including phenoxy) is 1. The second kappa shape index (κ2) is 7.79. The molecule has 0 bridgehead atoms. The molecule has 0 saturated heterocycles. The molecule has 1 aliphatic rings.